The van der Waals surface area contributed by atoms with Crippen LogP contribution in [0.15, 0.2) is 42.5 Å². The van der Waals surface area contributed by atoms with Crippen molar-refractivity contribution >= 4 is 17.7 Å². The summed E-state index contributed by atoms with van der Waals surface area (Å²) in [5.74, 6) is 0.704. The van der Waals surface area contributed by atoms with E-state index in [9.17, 15) is 14.0 Å². The molecule has 1 aliphatic rings. The lowest BCUT2D eigenvalue weighted by atomic mass is 9.92. The van der Waals surface area contributed by atoms with Crippen LogP contribution in [0.3, 0.4) is 0 Å². The van der Waals surface area contributed by atoms with Gasteiger partial charge in [0, 0.05) is 18.2 Å². The van der Waals surface area contributed by atoms with E-state index in [1.54, 1.807) is 26.4 Å². The Morgan fingerprint density at radius 1 is 1.03 bits per heavy atom. The first-order valence-electron chi connectivity index (χ1n) is 10.2. The van der Waals surface area contributed by atoms with Crippen molar-refractivity contribution in [3.8, 4) is 11.5 Å². The molecule has 0 unspecified atom stereocenters. The largest absolute Gasteiger partial charge is 0.493 e. The first kappa shape index (κ1) is 22.4. The smallest absolute Gasteiger partial charge is 0.411 e. The number of amides is 2. The van der Waals surface area contributed by atoms with Crippen LogP contribution in [-0.2, 0) is 16.0 Å². The maximum atomic E-state index is 13.0. The van der Waals surface area contributed by atoms with Gasteiger partial charge in [-0.1, -0.05) is 6.07 Å². The molecule has 2 amide bonds. The van der Waals surface area contributed by atoms with Crippen LogP contribution in [0.2, 0.25) is 0 Å². The minimum Gasteiger partial charge on any atom is -0.493 e. The first-order chi connectivity index (χ1) is 15.0. The fourth-order valence-electron chi connectivity index (χ4n) is 3.67. The van der Waals surface area contributed by atoms with Crippen LogP contribution in [0.4, 0.5) is 14.9 Å². The van der Waals surface area contributed by atoms with Crippen LogP contribution >= 0.6 is 0 Å². The van der Waals surface area contributed by atoms with Gasteiger partial charge in [-0.3, -0.25) is 10.1 Å². The van der Waals surface area contributed by atoms with Crippen LogP contribution < -0.4 is 20.1 Å². The monoisotopic (exact) mass is 430 g/mol. The lowest BCUT2D eigenvalue weighted by molar-refractivity contribution is -0.121. The molecule has 1 aliphatic carbocycles. The number of nitrogens with one attached hydrogen (secondary N) is 2. The molecule has 0 saturated heterocycles. The fourth-order valence-corrected chi connectivity index (χ4v) is 3.67. The maximum absolute atomic E-state index is 13.0. The normalized spacial score (nSPS) is 18.0. The maximum Gasteiger partial charge on any atom is 0.411 e. The van der Waals surface area contributed by atoms with E-state index < -0.39 is 6.09 Å². The zero-order valence-electron chi connectivity index (χ0n) is 17.7. The number of methoxy groups -OCH3 is 2. The Kier molecular flexibility index (Phi) is 7.70. The lowest BCUT2D eigenvalue weighted by Gasteiger charge is -2.29. The second-order valence-corrected chi connectivity index (χ2v) is 7.46. The number of anilines is 1. The van der Waals surface area contributed by atoms with Gasteiger partial charge in [0.05, 0.1) is 20.6 Å². The molecule has 31 heavy (non-hydrogen) atoms. The van der Waals surface area contributed by atoms with Gasteiger partial charge in [0.15, 0.2) is 11.5 Å². The molecule has 2 aromatic carbocycles. The Balaban J connectivity index is 1.48. The summed E-state index contributed by atoms with van der Waals surface area (Å²) in [6, 6.07) is 10.8. The van der Waals surface area contributed by atoms with Crippen molar-refractivity contribution in [2.45, 2.75) is 44.2 Å². The van der Waals surface area contributed by atoms with Crippen LogP contribution in [0, 0.1) is 5.82 Å². The Labute approximate surface area is 180 Å². The number of hydrogen-bond donors (Lipinski definition) is 2. The molecule has 3 rings (SSSR count). The van der Waals surface area contributed by atoms with Crippen molar-refractivity contribution in [2.24, 2.45) is 0 Å². The highest BCUT2D eigenvalue weighted by atomic mass is 19.1. The zero-order valence-corrected chi connectivity index (χ0v) is 17.7. The van der Waals surface area contributed by atoms with Gasteiger partial charge >= 0.3 is 6.09 Å². The van der Waals surface area contributed by atoms with Crippen molar-refractivity contribution in [2.75, 3.05) is 19.5 Å². The minimum atomic E-state index is -0.589. The van der Waals surface area contributed by atoms with E-state index in [2.05, 4.69) is 10.6 Å². The van der Waals surface area contributed by atoms with Gasteiger partial charge in [-0.25, -0.2) is 9.18 Å². The summed E-state index contributed by atoms with van der Waals surface area (Å²) in [4.78, 5) is 24.6. The summed E-state index contributed by atoms with van der Waals surface area (Å²) in [6.07, 6.45) is 2.29. The second-order valence-electron chi connectivity index (χ2n) is 7.46. The number of carbonyl (C=O) groups excluding carboxylic acids is 2. The Hall–Kier alpha value is -3.29. The number of carbonyl (C=O) groups is 2. The summed E-state index contributed by atoms with van der Waals surface area (Å²) >= 11 is 0. The summed E-state index contributed by atoms with van der Waals surface area (Å²) in [5, 5.41) is 5.62. The molecule has 0 spiro atoms. The molecule has 0 radical (unpaired) electrons. The van der Waals surface area contributed by atoms with Crippen molar-refractivity contribution in [3.05, 3.63) is 53.8 Å². The minimum absolute atomic E-state index is 0.0648. The molecule has 2 atom stereocenters. The quantitative estimate of drug-likeness (QED) is 0.692. The van der Waals surface area contributed by atoms with Crippen molar-refractivity contribution in [1.82, 2.24) is 5.32 Å². The highest BCUT2D eigenvalue weighted by Crippen LogP contribution is 2.28. The van der Waals surface area contributed by atoms with E-state index in [1.807, 2.05) is 6.07 Å². The van der Waals surface area contributed by atoms with Gasteiger partial charge in [0.2, 0.25) is 5.91 Å². The fraction of sp³-hybridized carbons (Fsp3) is 0.391. The van der Waals surface area contributed by atoms with E-state index in [0.29, 0.717) is 23.6 Å². The predicted octanol–water partition coefficient (Wildman–Crippen LogP) is 4.06. The van der Waals surface area contributed by atoms with Gasteiger partial charge in [-0.05, 0) is 61.2 Å². The van der Waals surface area contributed by atoms with Crippen molar-refractivity contribution in [3.63, 3.8) is 0 Å². The molecular formula is C23H27FN2O5. The highest BCUT2D eigenvalue weighted by Gasteiger charge is 2.26. The lowest BCUT2D eigenvalue weighted by Crippen LogP contribution is -2.41. The Bertz CT molecular complexity index is 903. The average Bonchev–Trinajstić information content (AvgIpc) is 2.75. The summed E-state index contributed by atoms with van der Waals surface area (Å²) < 4.78 is 28.9. The Morgan fingerprint density at radius 3 is 2.48 bits per heavy atom. The number of benzene rings is 2. The molecule has 2 N–H and O–H groups in total. The van der Waals surface area contributed by atoms with Gasteiger partial charge in [0.25, 0.3) is 0 Å². The third-order valence-electron chi connectivity index (χ3n) is 5.17. The summed E-state index contributed by atoms with van der Waals surface area (Å²) in [6.45, 7) is 0. The molecule has 1 saturated carbocycles. The summed E-state index contributed by atoms with van der Waals surface area (Å²) in [5.41, 5.74) is 1.28. The molecule has 0 bridgehead atoms. The van der Waals surface area contributed by atoms with Crippen LogP contribution in [-0.4, -0.2) is 38.4 Å². The molecule has 0 aliphatic heterocycles. The standard InChI is InChI=1S/C23H27FN2O5/c1-29-20-11-6-15(12-21(20)30-2)13-22(27)25-18-4-3-5-19(14-18)31-23(28)26-17-9-7-16(24)8-10-17/h6-12,18-19H,3-5,13-14H2,1-2H3,(H,25,27)(H,26,28)/t18-,19+/m0/s1. The molecule has 1 fully saturated rings. The molecule has 7 nitrogen and oxygen atoms in total. The zero-order chi connectivity index (χ0) is 22.2. The molecule has 0 aromatic heterocycles. The number of hydrogen-bond acceptors (Lipinski definition) is 5. The van der Waals surface area contributed by atoms with Crippen LogP contribution in [0.5, 0.6) is 11.5 Å². The second kappa shape index (κ2) is 10.7. The average molecular weight is 430 g/mol. The van der Waals surface area contributed by atoms with Gasteiger partial charge < -0.3 is 19.5 Å². The molecule has 0 heterocycles. The van der Waals surface area contributed by atoms with E-state index >= 15 is 0 Å². The number of ether oxygens (including phenoxy) is 3. The van der Waals surface area contributed by atoms with E-state index in [4.69, 9.17) is 14.2 Å². The highest BCUT2D eigenvalue weighted by molar-refractivity contribution is 5.84. The molecular weight excluding hydrogens is 403 g/mol. The molecule has 166 valence electrons. The van der Waals surface area contributed by atoms with Crippen molar-refractivity contribution in [1.29, 1.82) is 0 Å². The number of halogens is 1. The van der Waals surface area contributed by atoms with Crippen molar-refractivity contribution < 1.29 is 28.2 Å². The Morgan fingerprint density at radius 2 is 1.77 bits per heavy atom. The van der Waals surface area contributed by atoms with Crippen LogP contribution in [0.1, 0.15) is 31.2 Å². The SMILES string of the molecule is COc1ccc(CC(=O)N[C@H]2CCC[C@@H](OC(=O)Nc3ccc(F)cc3)C2)cc1OC. The van der Waals surface area contributed by atoms with E-state index in [1.165, 1.54) is 24.3 Å². The number of rotatable bonds is 7. The molecule has 8 heteroatoms. The first-order valence-corrected chi connectivity index (χ1v) is 10.2. The predicted molar refractivity (Wildman–Crippen MR) is 114 cm³/mol. The van der Waals surface area contributed by atoms with Gasteiger partial charge in [0.1, 0.15) is 11.9 Å². The van der Waals surface area contributed by atoms with E-state index in [-0.39, 0.29) is 30.3 Å². The third-order valence-corrected chi connectivity index (χ3v) is 5.17. The van der Waals surface area contributed by atoms with E-state index in [0.717, 1.165) is 24.8 Å². The third kappa shape index (κ3) is 6.60. The van der Waals surface area contributed by atoms with Gasteiger partial charge in [-0.2, -0.15) is 0 Å². The topological polar surface area (TPSA) is 85.9 Å². The summed E-state index contributed by atoms with van der Waals surface area (Å²) in [7, 11) is 3.11. The van der Waals surface area contributed by atoms with Crippen LogP contribution in [0.25, 0.3) is 0 Å². The molecule has 2 aromatic rings. The van der Waals surface area contributed by atoms with Gasteiger partial charge in [-0.15, -0.1) is 0 Å².